The second-order valence-corrected chi connectivity index (χ2v) is 6.67. The van der Waals surface area contributed by atoms with E-state index in [1.165, 1.54) is 6.08 Å². The molecule has 0 heterocycles. The lowest BCUT2D eigenvalue weighted by atomic mass is 10.1. The molecule has 0 bridgehead atoms. The largest absolute Gasteiger partial charge is 0.493 e. The van der Waals surface area contributed by atoms with Crippen LogP contribution in [0.25, 0.3) is 6.08 Å². The van der Waals surface area contributed by atoms with Crippen LogP contribution in [0.1, 0.15) is 26.3 Å². The molecule has 3 rings (SSSR count). The summed E-state index contributed by atoms with van der Waals surface area (Å²) in [7, 11) is 3.12. The summed E-state index contributed by atoms with van der Waals surface area (Å²) >= 11 is 5.82. The lowest BCUT2D eigenvalue weighted by Gasteiger charge is -2.07. The predicted octanol–water partition coefficient (Wildman–Crippen LogP) is 5.47. The Hall–Kier alpha value is -3.57. The van der Waals surface area contributed by atoms with E-state index in [-0.39, 0.29) is 5.78 Å². The van der Waals surface area contributed by atoms with E-state index in [0.29, 0.717) is 33.4 Å². The Bertz CT molecular complexity index is 1070. The minimum atomic E-state index is -0.501. The Kier molecular flexibility index (Phi) is 6.88. The van der Waals surface area contributed by atoms with Gasteiger partial charge in [-0.15, -0.1) is 0 Å². The third-order valence-electron chi connectivity index (χ3n) is 4.26. The van der Waals surface area contributed by atoms with Crippen LogP contribution in [0.15, 0.2) is 72.8 Å². The van der Waals surface area contributed by atoms with Gasteiger partial charge >= 0.3 is 5.97 Å². The molecular formula is C24H19ClO5. The van der Waals surface area contributed by atoms with Crippen LogP contribution in [0.4, 0.5) is 0 Å². The van der Waals surface area contributed by atoms with Gasteiger partial charge in [0.2, 0.25) is 0 Å². The van der Waals surface area contributed by atoms with E-state index in [0.717, 1.165) is 5.56 Å². The minimum absolute atomic E-state index is 0.180. The Morgan fingerprint density at radius 1 is 0.800 bits per heavy atom. The van der Waals surface area contributed by atoms with Crippen LogP contribution >= 0.6 is 11.6 Å². The van der Waals surface area contributed by atoms with Crippen LogP contribution in [0, 0.1) is 0 Å². The van der Waals surface area contributed by atoms with E-state index >= 15 is 0 Å². The summed E-state index contributed by atoms with van der Waals surface area (Å²) < 4.78 is 15.8. The molecule has 0 amide bonds. The zero-order chi connectivity index (χ0) is 21.5. The normalized spacial score (nSPS) is 10.6. The zero-order valence-corrected chi connectivity index (χ0v) is 17.2. The van der Waals surface area contributed by atoms with Crippen molar-refractivity contribution in [2.24, 2.45) is 0 Å². The monoisotopic (exact) mass is 422 g/mol. The first-order valence-corrected chi connectivity index (χ1v) is 9.40. The summed E-state index contributed by atoms with van der Waals surface area (Å²) in [4.78, 5) is 24.6. The van der Waals surface area contributed by atoms with Crippen molar-refractivity contribution in [3.63, 3.8) is 0 Å². The summed E-state index contributed by atoms with van der Waals surface area (Å²) in [5.74, 6) is 0.860. The first-order chi connectivity index (χ1) is 14.5. The van der Waals surface area contributed by atoms with Gasteiger partial charge in [0.05, 0.1) is 19.8 Å². The maximum atomic E-state index is 12.4. The highest BCUT2D eigenvalue weighted by Crippen LogP contribution is 2.28. The second-order valence-electron chi connectivity index (χ2n) is 6.23. The average Bonchev–Trinajstić information content (AvgIpc) is 2.78. The van der Waals surface area contributed by atoms with Gasteiger partial charge in [-0.05, 0) is 72.3 Å². The van der Waals surface area contributed by atoms with Crippen LogP contribution in [-0.4, -0.2) is 26.0 Å². The minimum Gasteiger partial charge on any atom is -0.493 e. The Balaban J connectivity index is 1.65. The van der Waals surface area contributed by atoms with Gasteiger partial charge in [0.1, 0.15) is 5.75 Å². The van der Waals surface area contributed by atoms with Crippen molar-refractivity contribution in [1.29, 1.82) is 0 Å². The first kappa shape index (κ1) is 21.1. The maximum absolute atomic E-state index is 12.4. The number of methoxy groups -OCH3 is 2. The Morgan fingerprint density at radius 2 is 1.43 bits per heavy atom. The van der Waals surface area contributed by atoms with Crippen molar-refractivity contribution >= 4 is 29.4 Å². The van der Waals surface area contributed by atoms with Crippen molar-refractivity contribution in [2.45, 2.75) is 0 Å². The molecule has 0 saturated heterocycles. The fraction of sp³-hybridized carbons (Fsp3) is 0.0833. The molecule has 0 aliphatic rings. The van der Waals surface area contributed by atoms with Gasteiger partial charge in [-0.3, -0.25) is 4.79 Å². The highest BCUT2D eigenvalue weighted by molar-refractivity contribution is 6.30. The number of esters is 1. The maximum Gasteiger partial charge on any atom is 0.343 e. The Labute approximate surface area is 179 Å². The first-order valence-electron chi connectivity index (χ1n) is 9.02. The fourth-order valence-corrected chi connectivity index (χ4v) is 2.79. The number of halogens is 1. The van der Waals surface area contributed by atoms with Crippen molar-refractivity contribution < 1.29 is 23.8 Å². The summed E-state index contributed by atoms with van der Waals surface area (Å²) in [6, 6.07) is 18.1. The zero-order valence-electron chi connectivity index (χ0n) is 16.4. The number of carbonyl (C=O) groups is 2. The number of ketones is 1. The molecule has 0 unspecified atom stereocenters. The number of carbonyl (C=O) groups excluding carboxylic acids is 2. The molecule has 0 aliphatic carbocycles. The smallest absolute Gasteiger partial charge is 0.343 e. The van der Waals surface area contributed by atoms with Crippen LogP contribution < -0.4 is 14.2 Å². The standard InChI is InChI=1S/C24H19ClO5/c1-28-22-14-4-16(15-23(22)29-2)3-13-21(26)17-7-11-20(12-8-17)30-24(27)18-5-9-19(25)10-6-18/h3-15H,1-2H3. The van der Waals surface area contributed by atoms with E-state index in [4.69, 9.17) is 25.8 Å². The van der Waals surface area contributed by atoms with E-state index in [2.05, 4.69) is 0 Å². The number of allylic oxidation sites excluding steroid dienone is 1. The van der Waals surface area contributed by atoms with Crippen molar-refractivity contribution in [2.75, 3.05) is 14.2 Å². The lowest BCUT2D eigenvalue weighted by Crippen LogP contribution is -2.08. The van der Waals surface area contributed by atoms with Crippen LogP contribution in [0.3, 0.4) is 0 Å². The molecule has 5 nitrogen and oxygen atoms in total. The summed E-state index contributed by atoms with van der Waals surface area (Å²) in [6.45, 7) is 0. The molecule has 0 spiro atoms. The van der Waals surface area contributed by atoms with E-state index < -0.39 is 5.97 Å². The number of benzene rings is 3. The molecule has 0 fully saturated rings. The van der Waals surface area contributed by atoms with Gasteiger partial charge in [0.25, 0.3) is 0 Å². The summed E-state index contributed by atoms with van der Waals surface area (Å²) in [5.41, 5.74) is 1.66. The van der Waals surface area contributed by atoms with Gasteiger partial charge in [-0.2, -0.15) is 0 Å². The van der Waals surface area contributed by atoms with Crippen molar-refractivity contribution in [3.8, 4) is 17.2 Å². The molecule has 3 aromatic carbocycles. The third kappa shape index (κ3) is 5.27. The molecule has 152 valence electrons. The summed E-state index contributed by atoms with van der Waals surface area (Å²) in [5, 5.41) is 0.538. The molecule has 0 aromatic heterocycles. The average molecular weight is 423 g/mol. The van der Waals surface area contributed by atoms with Crippen LogP contribution in [-0.2, 0) is 0 Å². The number of rotatable bonds is 7. The number of hydrogen-bond acceptors (Lipinski definition) is 5. The van der Waals surface area contributed by atoms with Crippen molar-refractivity contribution in [3.05, 3.63) is 94.5 Å². The molecular weight excluding hydrogens is 404 g/mol. The SMILES string of the molecule is COc1ccc(C=CC(=O)c2ccc(OC(=O)c3ccc(Cl)cc3)cc2)cc1OC. The van der Waals surface area contributed by atoms with E-state index in [1.54, 1.807) is 81.0 Å². The van der Waals surface area contributed by atoms with Crippen LogP contribution in [0.5, 0.6) is 17.2 Å². The quantitative estimate of drug-likeness (QED) is 0.218. The molecule has 6 heteroatoms. The molecule has 0 N–H and O–H groups in total. The number of hydrogen-bond donors (Lipinski definition) is 0. The highest BCUT2D eigenvalue weighted by Gasteiger charge is 2.09. The van der Waals surface area contributed by atoms with Gasteiger partial charge < -0.3 is 14.2 Å². The second kappa shape index (κ2) is 9.76. The Morgan fingerprint density at radius 3 is 2.07 bits per heavy atom. The third-order valence-corrected chi connectivity index (χ3v) is 4.52. The number of ether oxygens (including phenoxy) is 3. The molecule has 0 atom stereocenters. The predicted molar refractivity (Wildman–Crippen MR) is 116 cm³/mol. The molecule has 0 radical (unpaired) electrons. The fourth-order valence-electron chi connectivity index (χ4n) is 2.66. The van der Waals surface area contributed by atoms with Gasteiger partial charge in [0, 0.05) is 10.6 Å². The highest BCUT2D eigenvalue weighted by atomic mass is 35.5. The lowest BCUT2D eigenvalue weighted by molar-refractivity contribution is 0.0734. The molecule has 0 saturated carbocycles. The van der Waals surface area contributed by atoms with Crippen molar-refractivity contribution in [1.82, 2.24) is 0 Å². The van der Waals surface area contributed by atoms with E-state index in [1.807, 2.05) is 6.07 Å². The summed E-state index contributed by atoms with van der Waals surface area (Å²) in [6.07, 6.45) is 3.16. The van der Waals surface area contributed by atoms with Gasteiger partial charge in [-0.1, -0.05) is 23.7 Å². The molecule has 3 aromatic rings. The van der Waals surface area contributed by atoms with Gasteiger partial charge in [-0.25, -0.2) is 4.79 Å². The van der Waals surface area contributed by atoms with E-state index in [9.17, 15) is 9.59 Å². The van der Waals surface area contributed by atoms with Gasteiger partial charge in [0.15, 0.2) is 17.3 Å². The molecule has 30 heavy (non-hydrogen) atoms. The molecule has 0 aliphatic heterocycles. The van der Waals surface area contributed by atoms with Crippen LogP contribution in [0.2, 0.25) is 5.02 Å². The topological polar surface area (TPSA) is 61.8 Å².